The lowest BCUT2D eigenvalue weighted by atomic mass is 10.2. The molecule has 0 aliphatic rings. The number of alkyl carbamates (subject to hydrolysis) is 2. The van der Waals surface area contributed by atoms with Crippen LogP contribution in [0, 0.1) is 0 Å². The standard InChI is InChI=1S/C23H39N3O4/c1-19(26-22(28)29-18-20-13-7-5-8-14-20)12-11-16-24-15-9-6-10-17-25-21(27)30-23(2,3)4/h5,7-8,13-14,19,24H,6,9-12,15-18H2,1-4H3,(H,25,27)(H,26,28)/t19-/m0/s1. The Morgan fingerprint density at radius 3 is 2.30 bits per heavy atom. The Kier molecular flexibility index (Phi) is 12.6. The second kappa shape index (κ2) is 14.7. The van der Waals surface area contributed by atoms with Crippen molar-refractivity contribution in [3.63, 3.8) is 0 Å². The Balaban J connectivity index is 1.91. The topological polar surface area (TPSA) is 88.7 Å². The van der Waals surface area contributed by atoms with Crippen LogP contribution < -0.4 is 16.0 Å². The highest BCUT2D eigenvalue weighted by Gasteiger charge is 2.15. The van der Waals surface area contributed by atoms with E-state index in [1.54, 1.807) is 0 Å². The summed E-state index contributed by atoms with van der Waals surface area (Å²) >= 11 is 0. The van der Waals surface area contributed by atoms with Gasteiger partial charge in [0.15, 0.2) is 0 Å². The van der Waals surface area contributed by atoms with Crippen LogP contribution in [0.25, 0.3) is 0 Å². The molecular weight excluding hydrogens is 382 g/mol. The first-order chi connectivity index (χ1) is 14.3. The molecule has 170 valence electrons. The van der Waals surface area contributed by atoms with E-state index in [-0.39, 0.29) is 24.8 Å². The Bertz CT molecular complexity index is 602. The summed E-state index contributed by atoms with van der Waals surface area (Å²) in [6.45, 7) is 10.3. The molecule has 0 spiro atoms. The largest absolute Gasteiger partial charge is 0.445 e. The van der Waals surface area contributed by atoms with Gasteiger partial charge < -0.3 is 25.4 Å². The molecule has 7 nitrogen and oxygen atoms in total. The molecule has 1 atom stereocenters. The highest BCUT2D eigenvalue weighted by Crippen LogP contribution is 2.06. The Morgan fingerprint density at radius 1 is 0.933 bits per heavy atom. The number of hydrogen-bond acceptors (Lipinski definition) is 5. The van der Waals surface area contributed by atoms with Crippen molar-refractivity contribution in [2.45, 2.75) is 78.0 Å². The first kappa shape index (κ1) is 25.8. The van der Waals surface area contributed by atoms with E-state index in [1.165, 1.54) is 0 Å². The van der Waals surface area contributed by atoms with Crippen LogP contribution in [-0.4, -0.2) is 43.5 Å². The third kappa shape index (κ3) is 14.7. The van der Waals surface area contributed by atoms with Crippen LogP contribution in [0.1, 0.15) is 65.4 Å². The molecule has 2 amide bonds. The van der Waals surface area contributed by atoms with Crippen molar-refractivity contribution in [2.24, 2.45) is 0 Å². The van der Waals surface area contributed by atoms with Crippen LogP contribution >= 0.6 is 0 Å². The van der Waals surface area contributed by atoms with Crippen molar-refractivity contribution in [1.29, 1.82) is 0 Å². The number of ether oxygens (including phenoxy) is 2. The maximum Gasteiger partial charge on any atom is 0.407 e. The molecule has 1 aromatic carbocycles. The van der Waals surface area contributed by atoms with E-state index < -0.39 is 5.60 Å². The van der Waals surface area contributed by atoms with Gasteiger partial charge in [-0.2, -0.15) is 0 Å². The lowest BCUT2D eigenvalue weighted by molar-refractivity contribution is 0.0527. The maximum atomic E-state index is 11.8. The highest BCUT2D eigenvalue weighted by atomic mass is 16.6. The van der Waals surface area contributed by atoms with Crippen LogP contribution in [0.5, 0.6) is 0 Å². The number of amides is 2. The molecule has 1 aromatic rings. The third-order valence-corrected chi connectivity index (χ3v) is 4.27. The number of carbonyl (C=O) groups is 2. The summed E-state index contributed by atoms with van der Waals surface area (Å²) in [4.78, 5) is 23.3. The van der Waals surface area contributed by atoms with Crippen LogP contribution in [0.2, 0.25) is 0 Å². The predicted molar refractivity (Wildman–Crippen MR) is 119 cm³/mol. The van der Waals surface area contributed by atoms with Gasteiger partial charge in [-0.15, -0.1) is 0 Å². The van der Waals surface area contributed by atoms with Gasteiger partial charge in [-0.1, -0.05) is 36.8 Å². The minimum absolute atomic E-state index is 0.0778. The van der Waals surface area contributed by atoms with Crippen molar-refractivity contribution in [2.75, 3.05) is 19.6 Å². The van der Waals surface area contributed by atoms with E-state index in [1.807, 2.05) is 58.0 Å². The van der Waals surface area contributed by atoms with Gasteiger partial charge in [0.2, 0.25) is 0 Å². The van der Waals surface area contributed by atoms with Gasteiger partial charge in [-0.25, -0.2) is 9.59 Å². The zero-order valence-corrected chi connectivity index (χ0v) is 19.0. The Hall–Kier alpha value is -2.28. The summed E-state index contributed by atoms with van der Waals surface area (Å²) < 4.78 is 10.4. The monoisotopic (exact) mass is 421 g/mol. The van der Waals surface area contributed by atoms with Crippen molar-refractivity contribution in [3.05, 3.63) is 35.9 Å². The van der Waals surface area contributed by atoms with Gasteiger partial charge in [0.05, 0.1) is 0 Å². The lowest BCUT2D eigenvalue weighted by Crippen LogP contribution is -2.33. The first-order valence-electron chi connectivity index (χ1n) is 10.9. The average molecular weight is 422 g/mol. The summed E-state index contributed by atoms with van der Waals surface area (Å²) in [7, 11) is 0. The fourth-order valence-corrected chi connectivity index (χ4v) is 2.75. The molecular formula is C23H39N3O4. The Labute approximate surface area is 181 Å². The molecule has 0 aliphatic heterocycles. The SMILES string of the molecule is C[C@@H](CCCNCCCCCNC(=O)OC(C)(C)C)NC(=O)OCc1ccccc1. The Morgan fingerprint density at radius 2 is 1.60 bits per heavy atom. The summed E-state index contributed by atoms with van der Waals surface area (Å²) in [6.07, 6.45) is 4.20. The number of nitrogens with one attached hydrogen (secondary N) is 3. The van der Waals surface area contributed by atoms with Gasteiger partial charge in [-0.3, -0.25) is 0 Å². The second-order valence-corrected chi connectivity index (χ2v) is 8.49. The average Bonchev–Trinajstić information content (AvgIpc) is 2.67. The fourth-order valence-electron chi connectivity index (χ4n) is 2.75. The smallest absolute Gasteiger partial charge is 0.407 e. The van der Waals surface area contributed by atoms with E-state index in [2.05, 4.69) is 16.0 Å². The van der Waals surface area contributed by atoms with Crippen LogP contribution in [-0.2, 0) is 16.1 Å². The van der Waals surface area contributed by atoms with E-state index in [9.17, 15) is 9.59 Å². The van der Waals surface area contributed by atoms with Crippen molar-refractivity contribution in [1.82, 2.24) is 16.0 Å². The normalized spacial score (nSPS) is 12.1. The molecule has 0 heterocycles. The fraction of sp³-hybridized carbons (Fsp3) is 0.652. The summed E-state index contributed by atoms with van der Waals surface area (Å²) in [6, 6.07) is 9.72. The van der Waals surface area contributed by atoms with Gasteiger partial charge in [0, 0.05) is 12.6 Å². The van der Waals surface area contributed by atoms with Crippen molar-refractivity contribution in [3.8, 4) is 0 Å². The summed E-state index contributed by atoms with van der Waals surface area (Å²) in [5.74, 6) is 0. The van der Waals surface area contributed by atoms with Gasteiger partial charge >= 0.3 is 12.2 Å². The summed E-state index contributed by atoms with van der Waals surface area (Å²) in [5.41, 5.74) is 0.522. The summed E-state index contributed by atoms with van der Waals surface area (Å²) in [5, 5.41) is 9.05. The minimum atomic E-state index is -0.455. The molecule has 0 fully saturated rings. The first-order valence-corrected chi connectivity index (χ1v) is 10.9. The van der Waals surface area contributed by atoms with Crippen LogP contribution in [0.15, 0.2) is 30.3 Å². The van der Waals surface area contributed by atoms with Gasteiger partial charge in [0.1, 0.15) is 12.2 Å². The minimum Gasteiger partial charge on any atom is -0.445 e. The molecule has 0 bridgehead atoms. The number of benzene rings is 1. The maximum absolute atomic E-state index is 11.8. The molecule has 0 unspecified atom stereocenters. The zero-order valence-electron chi connectivity index (χ0n) is 19.0. The van der Waals surface area contributed by atoms with Crippen LogP contribution in [0.3, 0.4) is 0 Å². The van der Waals surface area contributed by atoms with Gasteiger partial charge in [-0.05, 0) is 72.0 Å². The van der Waals surface area contributed by atoms with Crippen LogP contribution in [0.4, 0.5) is 9.59 Å². The molecule has 3 N–H and O–H groups in total. The molecule has 0 saturated heterocycles. The van der Waals surface area contributed by atoms with Gasteiger partial charge in [0.25, 0.3) is 0 Å². The van der Waals surface area contributed by atoms with E-state index in [0.29, 0.717) is 6.54 Å². The van der Waals surface area contributed by atoms with E-state index >= 15 is 0 Å². The molecule has 0 radical (unpaired) electrons. The third-order valence-electron chi connectivity index (χ3n) is 4.27. The van der Waals surface area contributed by atoms with E-state index in [0.717, 1.165) is 50.8 Å². The number of carbonyl (C=O) groups excluding carboxylic acids is 2. The van der Waals surface area contributed by atoms with E-state index in [4.69, 9.17) is 9.47 Å². The van der Waals surface area contributed by atoms with Crippen molar-refractivity contribution < 1.29 is 19.1 Å². The molecule has 1 rings (SSSR count). The molecule has 30 heavy (non-hydrogen) atoms. The zero-order chi connectivity index (χ0) is 22.2. The number of unbranched alkanes of at least 4 members (excludes halogenated alkanes) is 2. The van der Waals surface area contributed by atoms with Crippen molar-refractivity contribution >= 4 is 12.2 Å². The lowest BCUT2D eigenvalue weighted by Gasteiger charge is -2.19. The quantitative estimate of drug-likeness (QED) is 0.412. The predicted octanol–water partition coefficient (Wildman–Crippen LogP) is 4.37. The number of hydrogen-bond donors (Lipinski definition) is 3. The highest BCUT2D eigenvalue weighted by molar-refractivity contribution is 5.67. The second-order valence-electron chi connectivity index (χ2n) is 8.49. The number of rotatable bonds is 13. The molecule has 7 heteroatoms. The molecule has 0 saturated carbocycles. The molecule has 0 aliphatic carbocycles. The molecule has 0 aromatic heterocycles.